The standard InChI is InChI=1S/C24H30O5/c1-14-13-18-10-8-12-20-22(29-24(5,6)28-20)19(25)11-7-9-15(2)27-23(26)21(18)17(4)16(14)3/h7-8,10-11,13,15,20,22H,9,12H2,1-6H3/b10-8+,11-7-/t15-,20-,22+/m0/s1. The van der Waals surface area contributed by atoms with Crippen LogP contribution < -0.4 is 0 Å². The van der Waals surface area contributed by atoms with Gasteiger partial charge in [-0.1, -0.05) is 24.3 Å². The van der Waals surface area contributed by atoms with Crippen LogP contribution in [0.4, 0.5) is 0 Å². The van der Waals surface area contributed by atoms with Gasteiger partial charge in [0.15, 0.2) is 11.6 Å². The second kappa shape index (κ2) is 8.25. The van der Waals surface area contributed by atoms with Gasteiger partial charge in [-0.2, -0.15) is 0 Å². The number of benzene rings is 1. The number of aryl methyl sites for hydroxylation is 1. The Hall–Kier alpha value is -2.24. The Kier molecular flexibility index (Phi) is 6.11. The molecule has 0 amide bonds. The Balaban J connectivity index is 2.03. The van der Waals surface area contributed by atoms with Crippen molar-refractivity contribution in [3.05, 3.63) is 52.1 Å². The molecule has 2 heterocycles. The largest absolute Gasteiger partial charge is 0.459 e. The number of ether oxygens (including phenoxy) is 3. The van der Waals surface area contributed by atoms with E-state index in [0.29, 0.717) is 18.4 Å². The topological polar surface area (TPSA) is 61.8 Å². The van der Waals surface area contributed by atoms with E-state index in [1.54, 1.807) is 6.08 Å². The van der Waals surface area contributed by atoms with Gasteiger partial charge in [0.25, 0.3) is 0 Å². The van der Waals surface area contributed by atoms with Gasteiger partial charge in [0.1, 0.15) is 12.2 Å². The van der Waals surface area contributed by atoms with Gasteiger partial charge in [-0.3, -0.25) is 4.79 Å². The highest BCUT2D eigenvalue weighted by atomic mass is 16.8. The van der Waals surface area contributed by atoms with Gasteiger partial charge in [-0.15, -0.1) is 0 Å². The van der Waals surface area contributed by atoms with Crippen LogP contribution in [-0.4, -0.2) is 35.9 Å². The summed E-state index contributed by atoms with van der Waals surface area (Å²) in [4.78, 5) is 25.5. The Morgan fingerprint density at radius 2 is 1.66 bits per heavy atom. The molecule has 0 N–H and O–H groups in total. The van der Waals surface area contributed by atoms with Crippen LogP contribution in [0.3, 0.4) is 0 Å². The average molecular weight is 398 g/mol. The predicted octanol–water partition coefficient (Wildman–Crippen LogP) is 4.61. The fourth-order valence-electron chi connectivity index (χ4n) is 3.85. The van der Waals surface area contributed by atoms with E-state index in [9.17, 15) is 9.59 Å². The number of hydrogen-bond acceptors (Lipinski definition) is 5. The third kappa shape index (κ3) is 4.68. The number of ketones is 1. The van der Waals surface area contributed by atoms with Gasteiger partial charge in [0, 0.05) is 6.42 Å². The lowest BCUT2D eigenvalue weighted by molar-refractivity contribution is -0.152. The number of rotatable bonds is 0. The van der Waals surface area contributed by atoms with Crippen molar-refractivity contribution < 1.29 is 23.8 Å². The average Bonchev–Trinajstić information content (AvgIpc) is 2.93. The maximum atomic E-state index is 12.9. The molecule has 156 valence electrons. The van der Waals surface area contributed by atoms with Crippen molar-refractivity contribution in [1.82, 2.24) is 0 Å². The summed E-state index contributed by atoms with van der Waals surface area (Å²) < 4.78 is 17.5. The van der Waals surface area contributed by atoms with Crippen LogP contribution in [0.5, 0.6) is 0 Å². The van der Waals surface area contributed by atoms with Crippen LogP contribution in [0.2, 0.25) is 0 Å². The number of fused-ring (bicyclic) bond motifs is 2. The van der Waals surface area contributed by atoms with Crippen LogP contribution in [-0.2, 0) is 19.0 Å². The number of carbonyl (C=O) groups is 2. The molecule has 0 aliphatic carbocycles. The summed E-state index contributed by atoms with van der Waals surface area (Å²) in [5, 5.41) is 0. The second-order valence-corrected chi connectivity index (χ2v) is 8.40. The van der Waals surface area contributed by atoms with E-state index in [2.05, 4.69) is 0 Å². The summed E-state index contributed by atoms with van der Waals surface area (Å²) >= 11 is 0. The van der Waals surface area contributed by atoms with Crippen LogP contribution in [0.25, 0.3) is 6.08 Å². The molecule has 2 aliphatic rings. The molecule has 0 spiro atoms. The van der Waals surface area contributed by atoms with Gasteiger partial charge in [0.2, 0.25) is 0 Å². The first-order valence-electron chi connectivity index (χ1n) is 10.1. The molecule has 0 saturated carbocycles. The van der Waals surface area contributed by atoms with E-state index in [4.69, 9.17) is 14.2 Å². The highest BCUT2D eigenvalue weighted by Crippen LogP contribution is 2.32. The fourth-order valence-corrected chi connectivity index (χ4v) is 3.85. The highest BCUT2D eigenvalue weighted by molar-refractivity contribution is 5.96. The third-order valence-electron chi connectivity index (χ3n) is 5.58. The van der Waals surface area contributed by atoms with E-state index in [0.717, 1.165) is 22.3 Å². The summed E-state index contributed by atoms with van der Waals surface area (Å²) in [6.07, 6.45) is 6.69. The van der Waals surface area contributed by atoms with Gasteiger partial charge in [-0.05, 0) is 76.3 Å². The molecule has 5 heteroatoms. The molecule has 5 nitrogen and oxygen atoms in total. The lowest BCUT2D eigenvalue weighted by Crippen LogP contribution is -2.30. The summed E-state index contributed by atoms with van der Waals surface area (Å²) in [6, 6.07) is 2.00. The van der Waals surface area contributed by atoms with Crippen LogP contribution >= 0.6 is 0 Å². The first kappa shape index (κ1) is 21.5. The van der Waals surface area contributed by atoms with E-state index in [1.165, 1.54) is 6.08 Å². The molecule has 0 unspecified atom stereocenters. The minimum absolute atomic E-state index is 0.132. The second-order valence-electron chi connectivity index (χ2n) is 8.40. The van der Waals surface area contributed by atoms with Crippen molar-refractivity contribution in [2.75, 3.05) is 0 Å². The van der Waals surface area contributed by atoms with Crippen molar-refractivity contribution in [3.63, 3.8) is 0 Å². The zero-order valence-corrected chi connectivity index (χ0v) is 18.1. The quantitative estimate of drug-likeness (QED) is 0.597. The summed E-state index contributed by atoms with van der Waals surface area (Å²) in [5.74, 6) is -1.28. The smallest absolute Gasteiger partial charge is 0.339 e. The lowest BCUT2D eigenvalue weighted by atomic mass is 9.93. The van der Waals surface area contributed by atoms with Crippen molar-refractivity contribution >= 4 is 17.8 Å². The molecule has 0 bridgehead atoms. The Labute approximate surface area is 172 Å². The van der Waals surface area contributed by atoms with Crippen LogP contribution in [0.15, 0.2) is 24.3 Å². The van der Waals surface area contributed by atoms with Gasteiger partial charge in [0.05, 0.1) is 11.7 Å². The molecule has 1 aromatic rings. The Morgan fingerprint density at radius 3 is 2.38 bits per heavy atom. The van der Waals surface area contributed by atoms with Crippen molar-refractivity contribution in [3.8, 4) is 0 Å². The minimum atomic E-state index is -0.810. The van der Waals surface area contributed by atoms with Gasteiger partial charge >= 0.3 is 5.97 Å². The zero-order chi connectivity index (χ0) is 21.3. The third-order valence-corrected chi connectivity index (χ3v) is 5.58. The molecular formula is C24H30O5. The molecular weight excluding hydrogens is 368 g/mol. The van der Waals surface area contributed by atoms with Gasteiger partial charge < -0.3 is 14.2 Å². The normalized spacial score (nSPS) is 29.4. The number of esters is 1. The number of hydrogen-bond donors (Lipinski definition) is 0. The molecule has 0 aromatic heterocycles. The molecule has 0 radical (unpaired) electrons. The molecule has 1 aromatic carbocycles. The van der Waals surface area contributed by atoms with Crippen molar-refractivity contribution in [2.45, 2.75) is 78.5 Å². The summed E-state index contributed by atoms with van der Waals surface area (Å²) in [6.45, 7) is 11.5. The van der Waals surface area contributed by atoms with Crippen LogP contribution in [0, 0.1) is 20.8 Å². The van der Waals surface area contributed by atoms with Crippen molar-refractivity contribution in [2.24, 2.45) is 0 Å². The van der Waals surface area contributed by atoms with E-state index >= 15 is 0 Å². The molecule has 3 atom stereocenters. The highest BCUT2D eigenvalue weighted by Gasteiger charge is 2.43. The van der Waals surface area contributed by atoms with E-state index in [-0.39, 0.29) is 24.0 Å². The number of cyclic esters (lactones) is 1. The molecule has 1 fully saturated rings. The molecule has 29 heavy (non-hydrogen) atoms. The van der Waals surface area contributed by atoms with Gasteiger partial charge in [-0.25, -0.2) is 4.79 Å². The van der Waals surface area contributed by atoms with Crippen molar-refractivity contribution in [1.29, 1.82) is 0 Å². The molecule has 3 rings (SSSR count). The van der Waals surface area contributed by atoms with E-state index < -0.39 is 11.9 Å². The first-order chi connectivity index (χ1) is 13.6. The Bertz CT molecular complexity index is 878. The summed E-state index contributed by atoms with van der Waals surface area (Å²) in [7, 11) is 0. The lowest BCUT2D eigenvalue weighted by Gasteiger charge is -2.18. The SMILES string of the molecule is Cc1cc2c(c(C)c1C)C(=O)O[C@@H](C)C/C=C\C(=O)[C@H]1OC(C)(C)O[C@H]1C/C=C/2. The zero-order valence-electron chi connectivity index (χ0n) is 18.1. The first-order valence-corrected chi connectivity index (χ1v) is 10.1. The summed E-state index contributed by atoms with van der Waals surface area (Å²) in [5.41, 5.74) is 4.54. The monoisotopic (exact) mass is 398 g/mol. The molecule has 1 saturated heterocycles. The number of carbonyl (C=O) groups excluding carboxylic acids is 2. The minimum Gasteiger partial charge on any atom is -0.459 e. The Morgan fingerprint density at radius 1 is 0.966 bits per heavy atom. The fraction of sp³-hybridized carbons (Fsp3) is 0.500. The maximum absolute atomic E-state index is 12.9. The maximum Gasteiger partial charge on any atom is 0.339 e. The predicted molar refractivity (Wildman–Crippen MR) is 112 cm³/mol. The van der Waals surface area contributed by atoms with E-state index in [1.807, 2.05) is 59.8 Å². The van der Waals surface area contributed by atoms with Crippen LogP contribution in [0.1, 0.15) is 66.2 Å². The molecule has 2 aliphatic heterocycles.